The van der Waals surface area contributed by atoms with Crippen molar-refractivity contribution in [1.29, 1.82) is 0 Å². The molecule has 5 rings (SSSR count). The number of methoxy groups -OCH3 is 1. The van der Waals surface area contributed by atoms with Crippen LogP contribution < -0.4 is 9.46 Å². The number of alkyl halides is 3. The van der Waals surface area contributed by atoms with Crippen LogP contribution in [0.3, 0.4) is 0 Å². The summed E-state index contributed by atoms with van der Waals surface area (Å²) in [6.07, 6.45) is -1.65. The zero-order valence-corrected chi connectivity index (χ0v) is 22.7. The first-order valence-corrected chi connectivity index (χ1v) is 14.1. The predicted molar refractivity (Wildman–Crippen MR) is 146 cm³/mol. The van der Waals surface area contributed by atoms with Gasteiger partial charge in [-0.15, -0.1) is 0 Å². The highest BCUT2D eigenvalue weighted by Gasteiger charge is 2.34. The molecule has 41 heavy (non-hydrogen) atoms. The molecule has 0 spiro atoms. The lowest BCUT2D eigenvalue weighted by atomic mass is 10.1. The summed E-state index contributed by atoms with van der Waals surface area (Å²) in [4.78, 5) is 24.9. The average Bonchev–Trinajstić information content (AvgIpc) is 2.96. The number of nitrogens with zero attached hydrogens (tertiary/aromatic N) is 4. The molecule has 2 aromatic carbocycles. The third kappa shape index (κ3) is 6.10. The Kier molecular flexibility index (Phi) is 7.82. The van der Waals surface area contributed by atoms with Gasteiger partial charge in [0.1, 0.15) is 10.6 Å². The van der Waals surface area contributed by atoms with E-state index in [4.69, 9.17) is 4.74 Å². The number of para-hydroxylation sites is 1. The van der Waals surface area contributed by atoms with Gasteiger partial charge >= 0.3 is 6.18 Å². The van der Waals surface area contributed by atoms with Crippen molar-refractivity contribution in [3.63, 3.8) is 0 Å². The summed E-state index contributed by atoms with van der Waals surface area (Å²) in [5, 5.41) is 0.676. The van der Waals surface area contributed by atoms with Crippen molar-refractivity contribution in [3.8, 4) is 5.75 Å². The van der Waals surface area contributed by atoms with E-state index in [9.17, 15) is 26.4 Å². The number of halogens is 3. The van der Waals surface area contributed by atoms with Crippen molar-refractivity contribution < 1.29 is 31.1 Å². The van der Waals surface area contributed by atoms with Crippen molar-refractivity contribution in [3.05, 3.63) is 89.9 Å². The van der Waals surface area contributed by atoms with Gasteiger partial charge in [0.2, 0.25) is 0 Å². The van der Waals surface area contributed by atoms with E-state index >= 15 is 0 Å². The number of carbonyl (C=O) groups is 1. The number of carbonyl (C=O) groups excluding carboxylic acids is 1. The van der Waals surface area contributed by atoms with Gasteiger partial charge < -0.3 is 9.64 Å². The van der Waals surface area contributed by atoms with E-state index in [-0.39, 0.29) is 40.0 Å². The Labute approximate surface area is 234 Å². The Bertz CT molecular complexity index is 1680. The van der Waals surface area contributed by atoms with E-state index in [1.54, 1.807) is 29.2 Å². The molecule has 1 saturated heterocycles. The summed E-state index contributed by atoms with van der Waals surface area (Å²) in [7, 11) is -2.63. The summed E-state index contributed by atoms with van der Waals surface area (Å²) < 4.78 is 74.3. The van der Waals surface area contributed by atoms with Gasteiger partial charge in [-0.2, -0.15) is 13.2 Å². The second-order valence-electron chi connectivity index (χ2n) is 9.42. The Hall–Kier alpha value is -4.23. The standard InChI is InChI=1S/C28H26F3N5O4S/c1-40-24-17-20(34-41(38,39)25-8-2-5-19-6-3-12-33-26(19)25)9-10-21(24)27(37)36-15-13-35(14-16-36)18-23-22(28(29,30)31)7-4-11-32-23/h2-12,17,34H,13-16,18H2,1H3. The molecule has 2 aromatic heterocycles. The molecule has 9 nitrogen and oxygen atoms in total. The molecule has 0 radical (unpaired) electrons. The Morgan fingerprint density at radius 1 is 0.976 bits per heavy atom. The molecule has 0 aliphatic carbocycles. The van der Waals surface area contributed by atoms with Gasteiger partial charge in [0.25, 0.3) is 15.9 Å². The minimum atomic E-state index is -4.50. The molecule has 214 valence electrons. The number of aromatic nitrogens is 2. The number of anilines is 1. The first-order valence-electron chi connectivity index (χ1n) is 12.6. The summed E-state index contributed by atoms with van der Waals surface area (Å²) in [5.74, 6) is -0.153. The van der Waals surface area contributed by atoms with Gasteiger partial charge in [0.15, 0.2) is 0 Å². The lowest BCUT2D eigenvalue weighted by Crippen LogP contribution is -2.48. The molecule has 0 saturated carbocycles. The van der Waals surface area contributed by atoms with Gasteiger partial charge in [-0.1, -0.05) is 18.2 Å². The highest BCUT2D eigenvalue weighted by atomic mass is 32.2. The number of amides is 1. The van der Waals surface area contributed by atoms with E-state index in [1.165, 1.54) is 49.8 Å². The molecule has 3 heterocycles. The van der Waals surface area contributed by atoms with Crippen molar-refractivity contribution in [1.82, 2.24) is 19.8 Å². The number of nitrogens with one attached hydrogen (secondary N) is 1. The molecule has 0 bridgehead atoms. The zero-order chi connectivity index (χ0) is 29.2. The number of ether oxygens (including phenoxy) is 1. The predicted octanol–water partition coefficient (Wildman–Crippen LogP) is 4.42. The first-order chi connectivity index (χ1) is 19.6. The number of hydrogen-bond acceptors (Lipinski definition) is 7. The fraction of sp³-hybridized carbons (Fsp3) is 0.250. The molecule has 0 unspecified atom stereocenters. The van der Waals surface area contributed by atoms with Crippen LogP contribution in [0.4, 0.5) is 18.9 Å². The van der Waals surface area contributed by atoms with E-state index < -0.39 is 21.8 Å². The van der Waals surface area contributed by atoms with Gasteiger partial charge in [-0.3, -0.25) is 24.4 Å². The van der Waals surface area contributed by atoms with Crippen LogP contribution in [0.15, 0.2) is 78.0 Å². The summed E-state index contributed by atoms with van der Waals surface area (Å²) >= 11 is 0. The largest absolute Gasteiger partial charge is 0.496 e. The summed E-state index contributed by atoms with van der Waals surface area (Å²) in [6.45, 7) is 1.32. The average molecular weight is 586 g/mol. The number of benzene rings is 2. The van der Waals surface area contributed by atoms with E-state index in [0.717, 1.165) is 6.07 Å². The minimum Gasteiger partial charge on any atom is -0.496 e. The normalized spacial score (nSPS) is 14.7. The van der Waals surface area contributed by atoms with Crippen LogP contribution in [0.2, 0.25) is 0 Å². The number of sulfonamides is 1. The minimum absolute atomic E-state index is 0.0145. The number of piperazine rings is 1. The molecule has 1 amide bonds. The van der Waals surface area contributed by atoms with E-state index in [1.807, 2.05) is 4.90 Å². The first kappa shape index (κ1) is 28.3. The van der Waals surface area contributed by atoms with Crippen molar-refractivity contribution in [2.75, 3.05) is 38.0 Å². The van der Waals surface area contributed by atoms with Crippen LogP contribution >= 0.6 is 0 Å². The van der Waals surface area contributed by atoms with Crippen molar-refractivity contribution in [2.45, 2.75) is 17.6 Å². The Balaban J connectivity index is 1.27. The topological polar surface area (TPSA) is 105 Å². The Morgan fingerprint density at radius 2 is 1.68 bits per heavy atom. The third-order valence-corrected chi connectivity index (χ3v) is 8.21. The lowest BCUT2D eigenvalue weighted by molar-refractivity contribution is -0.138. The van der Waals surface area contributed by atoms with Crippen LogP contribution in [-0.2, 0) is 22.7 Å². The van der Waals surface area contributed by atoms with Gasteiger partial charge in [0.05, 0.1) is 35.1 Å². The second-order valence-corrected chi connectivity index (χ2v) is 11.1. The van der Waals surface area contributed by atoms with E-state index in [2.05, 4.69) is 14.7 Å². The number of hydrogen-bond donors (Lipinski definition) is 1. The SMILES string of the molecule is COc1cc(NS(=O)(=O)c2cccc3cccnc23)ccc1C(=O)N1CCN(Cc2ncccc2C(F)(F)F)CC1. The van der Waals surface area contributed by atoms with E-state index in [0.29, 0.717) is 37.1 Å². The highest BCUT2D eigenvalue weighted by Crippen LogP contribution is 2.32. The van der Waals surface area contributed by atoms with Crippen LogP contribution in [0.25, 0.3) is 10.9 Å². The molecule has 4 aromatic rings. The molecular formula is C28H26F3N5O4S. The number of pyridine rings is 2. The monoisotopic (exact) mass is 585 g/mol. The van der Waals surface area contributed by atoms with Crippen molar-refractivity contribution >= 4 is 32.5 Å². The molecule has 1 N–H and O–H groups in total. The smallest absolute Gasteiger partial charge is 0.418 e. The van der Waals surface area contributed by atoms with Gasteiger partial charge in [-0.25, -0.2) is 8.42 Å². The molecule has 0 atom stereocenters. The van der Waals surface area contributed by atoms with Gasteiger partial charge in [-0.05, 0) is 36.4 Å². The van der Waals surface area contributed by atoms with Crippen molar-refractivity contribution in [2.24, 2.45) is 0 Å². The molecular weight excluding hydrogens is 559 g/mol. The van der Waals surface area contributed by atoms with Gasteiger partial charge in [0, 0.05) is 56.6 Å². The zero-order valence-electron chi connectivity index (χ0n) is 21.9. The second kappa shape index (κ2) is 11.3. The Morgan fingerprint density at radius 3 is 2.41 bits per heavy atom. The molecule has 13 heteroatoms. The van der Waals surface area contributed by atoms with Crippen LogP contribution in [0.1, 0.15) is 21.6 Å². The highest BCUT2D eigenvalue weighted by molar-refractivity contribution is 7.93. The lowest BCUT2D eigenvalue weighted by Gasteiger charge is -2.35. The van der Waals surface area contributed by atoms with Crippen LogP contribution in [0, 0.1) is 0 Å². The number of rotatable bonds is 7. The third-order valence-electron chi connectivity index (χ3n) is 6.80. The quantitative estimate of drug-likeness (QED) is 0.343. The molecule has 1 fully saturated rings. The fourth-order valence-corrected chi connectivity index (χ4v) is 5.98. The maximum atomic E-state index is 13.3. The summed E-state index contributed by atoms with van der Waals surface area (Å²) in [5.41, 5.74) is -0.0562. The van der Waals surface area contributed by atoms with Crippen LogP contribution in [-0.4, -0.2) is 67.4 Å². The maximum Gasteiger partial charge on any atom is 0.418 e. The maximum absolute atomic E-state index is 13.3. The fourth-order valence-electron chi connectivity index (χ4n) is 4.75. The summed E-state index contributed by atoms with van der Waals surface area (Å²) in [6, 6.07) is 15.0. The molecule has 1 aliphatic rings. The van der Waals surface area contributed by atoms with Crippen LogP contribution in [0.5, 0.6) is 5.75 Å². The number of fused-ring (bicyclic) bond motifs is 1. The molecule has 1 aliphatic heterocycles.